The maximum Gasteiger partial charge on any atom is 0.459 e. The Bertz CT molecular complexity index is 3450. The second-order valence-corrected chi connectivity index (χ2v) is 31.3. The first-order chi connectivity index (χ1) is 47.0. The lowest BCUT2D eigenvalue weighted by Crippen LogP contribution is -2.41. The zero-order valence-electron chi connectivity index (χ0n) is 56.5. The van der Waals surface area contributed by atoms with E-state index < -0.39 is 114 Å². The van der Waals surface area contributed by atoms with Crippen molar-refractivity contribution in [3.05, 3.63) is 133 Å². The molecule has 556 valence electrons. The van der Waals surface area contributed by atoms with Gasteiger partial charge in [0.05, 0.1) is 66.6 Å². The van der Waals surface area contributed by atoms with Gasteiger partial charge in [0.2, 0.25) is 5.91 Å². The highest BCUT2D eigenvalue weighted by atomic mass is 32.2. The molecule has 5 aliphatic rings. The summed E-state index contributed by atoms with van der Waals surface area (Å²) in [5, 5.41) is 75.9. The highest BCUT2D eigenvalue weighted by molar-refractivity contribution is 8.01. The fourth-order valence-electron chi connectivity index (χ4n) is 10.3. The quantitative estimate of drug-likeness (QED) is 0.0249. The Morgan fingerprint density at radius 1 is 0.640 bits per heavy atom. The van der Waals surface area contributed by atoms with Crippen LogP contribution in [0.25, 0.3) is 0 Å². The number of para-hydroxylation sites is 2. The van der Waals surface area contributed by atoms with Crippen LogP contribution >= 0.6 is 50.8 Å². The molecule has 5 aliphatic heterocycles. The van der Waals surface area contributed by atoms with Crippen LogP contribution in [-0.2, 0) is 42.0 Å². The number of hydrogen-bond acceptors (Lipinski definition) is 29. The molecule has 3 saturated heterocycles. The van der Waals surface area contributed by atoms with Crippen molar-refractivity contribution in [1.29, 1.82) is 0 Å². The first kappa shape index (κ1) is 84.6. The maximum absolute atomic E-state index is 13.8. The minimum Gasteiger partial charge on any atom is -0.464 e. The van der Waals surface area contributed by atoms with Gasteiger partial charge in [-0.25, -0.2) is 23.9 Å². The molecule has 16 atom stereocenters. The molecule has 0 radical (unpaired) electrons. The molecule has 2 unspecified atom stereocenters. The van der Waals surface area contributed by atoms with Crippen LogP contribution in [0.2, 0.25) is 0 Å². The number of rotatable bonds is 31. The third-order valence-electron chi connectivity index (χ3n) is 15.8. The smallest absolute Gasteiger partial charge is 0.459 e. The lowest BCUT2D eigenvalue weighted by atomic mass is 9.97. The molecule has 8 rings (SSSR count). The van der Waals surface area contributed by atoms with Crippen LogP contribution in [0.5, 0.6) is 11.5 Å². The first-order valence-corrected chi connectivity index (χ1v) is 38.4. The topological polar surface area (TPSA) is 437 Å². The number of nitrogens with zero attached hydrogens (tertiary/aromatic N) is 6. The molecule has 0 spiro atoms. The number of hydrogen-bond donors (Lipinski definition) is 12. The van der Waals surface area contributed by atoms with Gasteiger partial charge < -0.3 is 80.9 Å². The van der Waals surface area contributed by atoms with E-state index in [1.165, 1.54) is 54.2 Å². The largest absolute Gasteiger partial charge is 0.464 e. The molecule has 1 amide bonds. The van der Waals surface area contributed by atoms with E-state index in [0.717, 1.165) is 50.3 Å². The van der Waals surface area contributed by atoms with Crippen molar-refractivity contribution >= 4 is 86.1 Å². The molecule has 6 heterocycles. The summed E-state index contributed by atoms with van der Waals surface area (Å²) in [6, 6.07) is 16.2. The number of anilines is 1. The highest BCUT2D eigenvalue weighted by Gasteiger charge is 2.49. The first-order valence-electron chi connectivity index (χ1n) is 32.4. The normalized spacial score (nSPS) is 25.8. The molecule has 2 aromatic carbocycles. The molecular weight excluding hydrogens is 1400 g/mol. The van der Waals surface area contributed by atoms with Crippen molar-refractivity contribution in [1.82, 2.24) is 29.5 Å². The average molecular weight is 1500 g/mol. The van der Waals surface area contributed by atoms with E-state index in [-0.39, 0.29) is 86.7 Å². The predicted molar refractivity (Wildman–Crippen MR) is 387 cm³/mol. The molecule has 0 saturated carbocycles. The Kier molecular flexibility index (Phi) is 33.9. The van der Waals surface area contributed by atoms with Crippen molar-refractivity contribution in [3.63, 3.8) is 0 Å². The van der Waals surface area contributed by atoms with Crippen LogP contribution in [0.3, 0.4) is 0 Å². The van der Waals surface area contributed by atoms with Crippen LogP contribution in [0.15, 0.2) is 137 Å². The molecule has 35 heteroatoms. The number of aliphatic hydroxyl groups excluding tert-OH is 7. The third-order valence-corrected chi connectivity index (χ3v) is 23.7. The van der Waals surface area contributed by atoms with E-state index in [9.17, 15) is 64.1 Å². The van der Waals surface area contributed by atoms with Crippen LogP contribution < -0.4 is 41.7 Å². The van der Waals surface area contributed by atoms with Crippen LogP contribution in [-0.4, -0.2) is 192 Å². The minimum atomic E-state index is -4.12. The van der Waals surface area contributed by atoms with Gasteiger partial charge in [0, 0.05) is 24.5 Å². The van der Waals surface area contributed by atoms with Crippen molar-refractivity contribution in [3.8, 4) is 11.5 Å². The Balaban J connectivity index is 0.000000274. The number of nitrogens with one attached hydrogen (secondary N) is 3. The number of amidine groups is 2. The van der Waals surface area contributed by atoms with Crippen LogP contribution in [0.4, 0.5) is 5.82 Å². The number of carbonyl (C=O) groups excluding carboxylic acids is 3. The number of aliphatic hydroxyl groups is 7. The van der Waals surface area contributed by atoms with Gasteiger partial charge in [0.15, 0.2) is 0 Å². The molecule has 0 bridgehead atoms. The molecule has 100 heavy (non-hydrogen) atoms. The number of carbonyl (C=O) groups is 3. The molecule has 30 nitrogen and oxygen atoms in total. The van der Waals surface area contributed by atoms with E-state index in [2.05, 4.69) is 43.6 Å². The second-order valence-electron chi connectivity index (χ2n) is 23.8. The Hall–Kier alpha value is -6.10. The Morgan fingerprint density at radius 3 is 1.47 bits per heavy atom. The molecule has 14 N–H and O–H groups in total. The SMILES string of the molecule is C.C=C1N=C(N)C=CN1[C@@H]1S[C@H](COP(=O)(N[C@@H](C)C(=O)OC(C)C)Oc2ccccc2)[C@@H](O)[C@@H]1O.C=C1N=C(N)C=CN1[C@@H]1S[C@H](COP(=O)(N[C@@H](C)C(=O)OCC(CC)CC)Oc2ccccc2)[C@@H](O)[C@@H]1O.CCCC(CCC)C(=O)Nc1ccn([C@@H]2S[C@H](CO)[C@@H](O)[C@@H]2O)c(=O)n1. The van der Waals surface area contributed by atoms with Gasteiger partial charge in [-0.1, -0.05) is 110 Å². The number of amides is 1. The summed E-state index contributed by atoms with van der Waals surface area (Å²) in [5.74, 6) is 0.656. The lowest BCUT2D eigenvalue weighted by molar-refractivity contribution is -0.149. The van der Waals surface area contributed by atoms with E-state index in [1.54, 1.807) is 109 Å². The van der Waals surface area contributed by atoms with Crippen LogP contribution in [0, 0.1) is 11.8 Å². The Labute approximate surface area is 596 Å². The number of aliphatic imine (C=N–C) groups is 2. The van der Waals surface area contributed by atoms with Crippen molar-refractivity contribution in [2.24, 2.45) is 33.3 Å². The number of nitrogens with two attached hydrogens (primary N) is 2. The zero-order chi connectivity index (χ0) is 72.9. The van der Waals surface area contributed by atoms with E-state index in [1.807, 2.05) is 27.7 Å². The summed E-state index contributed by atoms with van der Waals surface area (Å²) in [4.78, 5) is 64.8. The summed E-state index contributed by atoms with van der Waals surface area (Å²) < 4.78 is 61.8. The number of thioether (sulfide) groups is 3. The van der Waals surface area contributed by atoms with Gasteiger partial charge in [0.1, 0.15) is 87.1 Å². The summed E-state index contributed by atoms with van der Waals surface area (Å²) in [6.07, 6.45) is 5.49. The van der Waals surface area contributed by atoms with Gasteiger partial charge in [-0.3, -0.25) is 28.0 Å². The summed E-state index contributed by atoms with van der Waals surface area (Å²) >= 11 is 3.53. The zero-order valence-corrected chi connectivity index (χ0v) is 60.8. The highest BCUT2D eigenvalue weighted by Crippen LogP contribution is 2.50. The van der Waals surface area contributed by atoms with E-state index in [0.29, 0.717) is 11.6 Å². The standard InChI is InChI=1S/C25H37N4O7PS.C22H31N4O7PS.C17H27N3O5S.CH4/c1-5-18(6-2)14-34-25(32)16(3)28-37(33,36-19-10-8-7-9-11-19)35-15-20-22(30)23(31)24(38-20)29-13-12-21(26)27-17(29)4;1-13(2)32-22(29)14(3)25-34(30,33-16-8-6-5-7-9-16)31-12-17-19(27)20(28)21(35-17)26-11-10-18(23)24-15(26)4;1-3-5-10(6-4-2)15(24)18-12-7-8-20(17(25)19-12)16-14(23)13(22)11(9-21)26-16;/h7-13,16,18,20,22-24,30-31H,4-6,14-15H2,1-3H3,(H2,26,27)(H,28,33);5-11,13-14,17,19-21,27-28H,4,12H2,1-3H3,(H2,23,24)(H,25,30);7-8,10-11,13-14,16,21-23H,3-6,9H2,1-2H3,(H,18,19,24,25);1H4/t16-,20+,22+,23-,24+,37?;14-,17+,19+,20-,21+,34?;11-,13-,14+,16-;/m001./s1. The summed E-state index contributed by atoms with van der Waals surface area (Å²) in [6.45, 7) is 21.6. The Morgan fingerprint density at radius 2 is 1.07 bits per heavy atom. The maximum atomic E-state index is 13.8. The van der Waals surface area contributed by atoms with Crippen LogP contribution in [0.1, 0.15) is 107 Å². The van der Waals surface area contributed by atoms with Gasteiger partial charge in [0.25, 0.3) is 0 Å². The molecule has 0 aliphatic carbocycles. The van der Waals surface area contributed by atoms with Crippen molar-refractivity contribution in [2.45, 2.75) is 188 Å². The van der Waals surface area contributed by atoms with Gasteiger partial charge in [-0.15, -0.1) is 35.3 Å². The number of esters is 2. The molecule has 3 aromatic rings. The fraction of sp³-hybridized carbons (Fsp3) is 0.554. The lowest BCUT2D eigenvalue weighted by Gasteiger charge is -2.30. The minimum absolute atomic E-state index is 0. The summed E-state index contributed by atoms with van der Waals surface area (Å²) in [5.41, 5.74) is 10.7. The number of ether oxygens (including phenoxy) is 2. The average Bonchev–Trinajstić information content (AvgIpc) is 1.66. The molecule has 1 aromatic heterocycles. The van der Waals surface area contributed by atoms with Gasteiger partial charge in [-0.2, -0.15) is 15.2 Å². The van der Waals surface area contributed by atoms with Crippen molar-refractivity contribution < 1.29 is 86.8 Å². The molecular formula is C65H99N11O19P2S3. The predicted octanol–water partition coefficient (Wildman–Crippen LogP) is 6.27. The third kappa shape index (κ3) is 24.0. The van der Waals surface area contributed by atoms with Gasteiger partial charge >= 0.3 is 33.1 Å². The summed E-state index contributed by atoms with van der Waals surface area (Å²) in [7, 11) is -8.23. The van der Waals surface area contributed by atoms with Crippen molar-refractivity contribution in [2.75, 3.05) is 31.7 Å². The second kappa shape index (κ2) is 40.1. The fourth-order valence-corrected chi connectivity index (χ4v) is 17.8. The number of aromatic nitrogens is 2. The molecule has 3 fully saturated rings. The monoisotopic (exact) mass is 1500 g/mol. The van der Waals surface area contributed by atoms with E-state index in [4.69, 9.17) is 39.0 Å². The number of benzene rings is 2. The van der Waals surface area contributed by atoms with E-state index >= 15 is 0 Å². The van der Waals surface area contributed by atoms with Gasteiger partial charge in [-0.05, 0) is 88.9 Å².